The van der Waals surface area contributed by atoms with Gasteiger partial charge in [-0.1, -0.05) is 18.2 Å². The summed E-state index contributed by atoms with van der Waals surface area (Å²) >= 11 is 0. The van der Waals surface area contributed by atoms with Gasteiger partial charge in [0.25, 0.3) is 5.91 Å². The molecule has 1 aliphatic heterocycles. The second kappa shape index (κ2) is 8.14. The number of carbonyl (C=O) groups excluding carboxylic acids is 1. The summed E-state index contributed by atoms with van der Waals surface area (Å²) in [6.45, 7) is 2.15. The highest BCUT2D eigenvalue weighted by Crippen LogP contribution is 2.22. The maximum Gasteiger partial charge on any atom is 0.255 e. The van der Waals surface area contributed by atoms with Crippen molar-refractivity contribution in [2.24, 2.45) is 5.92 Å². The molecule has 1 saturated heterocycles. The van der Waals surface area contributed by atoms with E-state index in [4.69, 9.17) is 9.47 Å². The quantitative estimate of drug-likeness (QED) is 0.748. The molecule has 0 aliphatic carbocycles. The Hall–Kier alpha value is -2.99. The molecule has 3 aromatic rings. The number of benzene rings is 1. The molecule has 138 valence electrons. The van der Waals surface area contributed by atoms with Crippen LogP contribution in [0.1, 0.15) is 23.2 Å². The van der Waals surface area contributed by atoms with Gasteiger partial charge in [0.05, 0.1) is 17.8 Å². The van der Waals surface area contributed by atoms with Crippen LogP contribution in [0.5, 0.6) is 5.88 Å². The molecule has 6 nitrogen and oxygen atoms in total. The van der Waals surface area contributed by atoms with Crippen LogP contribution in [0.4, 0.5) is 5.69 Å². The van der Waals surface area contributed by atoms with Crippen LogP contribution in [0, 0.1) is 5.92 Å². The molecule has 4 rings (SSSR count). The third-order valence-corrected chi connectivity index (χ3v) is 4.69. The van der Waals surface area contributed by atoms with Crippen molar-refractivity contribution in [3.05, 3.63) is 60.4 Å². The van der Waals surface area contributed by atoms with E-state index >= 15 is 0 Å². The second-order valence-electron chi connectivity index (χ2n) is 6.58. The molecule has 0 atom stereocenters. The minimum Gasteiger partial charge on any atom is -0.477 e. The first-order valence-corrected chi connectivity index (χ1v) is 9.11. The number of pyridine rings is 2. The lowest BCUT2D eigenvalue weighted by molar-refractivity contribution is 0.0490. The van der Waals surface area contributed by atoms with Crippen LogP contribution in [0.25, 0.3) is 10.9 Å². The van der Waals surface area contributed by atoms with Crippen molar-refractivity contribution in [2.75, 3.05) is 25.1 Å². The van der Waals surface area contributed by atoms with Gasteiger partial charge < -0.3 is 14.8 Å². The SMILES string of the molecule is O=C(Nc1cccc2cccnc12)c1ccnc(OCC2CCOCC2)c1. The molecule has 0 unspecified atom stereocenters. The zero-order valence-corrected chi connectivity index (χ0v) is 14.9. The van der Waals surface area contributed by atoms with E-state index in [1.807, 2.05) is 30.3 Å². The molecule has 1 amide bonds. The number of carbonyl (C=O) groups is 1. The number of aromatic nitrogens is 2. The highest BCUT2D eigenvalue weighted by Gasteiger charge is 2.15. The minimum atomic E-state index is -0.216. The predicted octanol–water partition coefficient (Wildman–Crippen LogP) is 3.69. The molecule has 2 aromatic heterocycles. The number of para-hydroxylation sites is 1. The van der Waals surface area contributed by atoms with Gasteiger partial charge in [-0.3, -0.25) is 9.78 Å². The summed E-state index contributed by atoms with van der Waals surface area (Å²) < 4.78 is 11.2. The summed E-state index contributed by atoms with van der Waals surface area (Å²) in [5, 5.41) is 3.91. The lowest BCUT2D eigenvalue weighted by Gasteiger charge is -2.21. The van der Waals surface area contributed by atoms with Crippen LogP contribution in [0.3, 0.4) is 0 Å². The van der Waals surface area contributed by atoms with E-state index in [0.717, 1.165) is 37.0 Å². The highest BCUT2D eigenvalue weighted by molar-refractivity contribution is 6.08. The van der Waals surface area contributed by atoms with Crippen LogP contribution < -0.4 is 10.1 Å². The smallest absolute Gasteiger partial charge is 0.255 e. The Morgan fingerprint density at radius 2 is 1.96 bits per heavy atom. The van der Waals surface area contributed by atoms with Crippen LogP contribution in [0.15, 0.2) is 54.9 Å². The number of nitrogens with zero attached hydrogens (tertiary/aromatic N) is 2. The minimum absolute atomic E-state index is 0.216. The summed E-state index contributed by atoms with van der Waals surface area (Å²) in [6.07, 6.45) is 5.30. The molecule has 3 heterocycles. The topological polar surface area (TPSA) is 73.3 Å². The van der Waals surface area contributed by atoms with Gasteiger partial charge in [0.2, 0.25) is 5.88 Å². The van der Waals surface area contributed by atoms with Gasteiger partial charge in [-0.15, -0.1) is 0 Å². The molecule has 27 heavy (non-hydrogen) atoms. The zero-order valence-electron chi connectivity index (χ0n) is 14.9. The van der Waals surface area contributed by atoms with E-state index < -0.39 is 0 Å². The molecule has 1 N–H and O–H groups in total. The van der Waals surface area contributed by atoms with Crippen LogP contribution in [0.2, 0.25) is 0 Å². The number of hydrogen-bond donors (Lipinski definition) is 1. The van der Waals surface area contributed by atoms with Gasteiger partial charge in [0, 0.05) is 42.6 Å². The first-order valence-electron chi connectivity index (χ1n) is 9.11. The number of fused-ring (bicyclic) bond motifs is 1. The average molecular weight is 363 g/mol. The van der Waals surface area contributed by atoms with Gasteiger partial charge in [-0.05, 0) is 37.0 Å². The monoisotopic (exact) mass is 363 g/mol. The number of hydrogen-bond acceptors (Lipinski definition) is 5. The Morgan fingerprint density at radius 3 is 2.85 bits per heavy atom. The summed E-state index contributed by atoms with van der Waals surface area (Å²) in [7, 11) is 0. The molecular formula is C21H21N3O3. The summed E-state index contributed by atoms with van der Waals surface area (Å²) in [5.74, 6) is 0.719. The second-order valence-corrected chi connectivity index (χ2v) is 6.58. The van der Waals surface area contributed by atoms with E-state index in [1.165, 1.54) is 0 Å². The molecule has 1 fully saturated rings. The fraction of sp³-hybridized carbons (Fsp3) is 0.286. The first kappa shape index (κ1) is 17.4. The average Bonchev–Trinajstić information content (AvgIpc) is 2.73. The normalized spacial score (nSPS) is 14.8. The van der Waals surface area contributed by atoms with Crippen molar-refractivity contribution in [3.63, 3.8) is 0 Å². The summed E-state index contributed by atoms with van der Waals surface area (Å²) in [5.41, 5.74) is 1.94. The van der Waals surface area contributed by atoms with E-state index in [0.29, 0.717) is 29.7 Å². The third-order valence-electron chi connectivity index (χ3n) is 4.69. The summed E-state index contributed by atoms with van der Waals surface area (Å²) in [6, 6.07) is 12.9. The largest absolute Gasteiger partial charge is 0.477 e. The first-order chi connectivity index (χ1) is 13.3. The predicted molar refractivity (Wildman–Crippen MR) is 103 cm³/mol. The van der Waals surface area contributed by atoms with E-state index in [-0.39, 0.29) is 5.91 Å². The van der Waals surface area contributed by atoms with Gasteiger partial charge in [-0.2, -0.15) is 0 Å². The van der Waals surface area contributed by atoms with Crippen molar-refractivity contribution >= 4 is 22.5 Å². The van der Waals surface area contributed by atoms with Crippen LogP contribution >= 0.6 is 0 Å². The van der Waals surface area contributed by atoms with Crippen molar-refractivity contribution in [1.82, 2.24) is 9.97 Å². The number of ether oxygens (including phenoxy) is 2. The highest BCUT2D eigenvalue weighted by atomic mass is 16.5. The van der Waals surface area contributed by atoms with Crippen molar-refractivity contribution in [1.29, 1.82) is 0 Å². The van der Waals surface area contributed by atoms with Gasteiger partial charge >= 0.3 is 0 Å². The van der Waals surface area contributed by atoms with E-state index in [1.54, 1.807) is 24.5 Å². The van der Waals surface area contributed by atoms with E-state index in [9.17, 15) is 4.79 Å². The molecule has 0 radical (unpaired) electrons. The Labute approximate surface area is 157 Å². The number of amides is 1. The summed E-state index contributed by atoms with van der Waals surface area (Å²) in [4.78, 5) is 21.3. The van der Waals surface area contributed by atoms with Crippen molar-refractivity contribution < 1.29 is 14.3 Å². The molecule has 1 aliphatic rings. The fourth-order valence-electron chi connectivity index (χ4n) is 3.15. The van der Waals surface area contributed by atoms with Crippen molar-refractivity contribution in [2.45, 2.75) is 12.8 Å². The Kier molecular flexibility index (Phi) is 5.25. The lowest BCUT2D eigenvalue weighted by atomic mass is 10.0. The number of rotatable bonds is 5. The molecule has 0 bridgehead atoms. The van der Waals surface area contributed by atoms with Crippen LogP contribution in [-0.2, 0) is 4.74 Å². The molecule has 1 aromatic carbocycles. The van der Waals surface area contributed by atoms with Gasteiger partial charge in [0.1, 0.15) is 0 Å². The maximum atomic E-state index is 12.7. The Bertz CT molecular complexity index is 933. The van der Waals surface area contributed by atoms with Gasteiger partial charge in [-0.25, -0.2) is 4.98 Å². The Morgan fingerprint density at radius 1 is 1.11 bits per heavy atom. The number of anilines is 1. The molecule has 0 saturated carbocycles. The standard InChI is InChI=1S/C21H21N3O3/c25-21(24-18-5-1-3-16-4-2-9-23-20(16)18)17-6-10-22-19(13-17)27-14-15-7-11-26-12-8-15/h1-6,9-10,13,15H,7-8,11-12,14H2,(H,24,25). The number of nitrogens with one attached hydrogen (secondary N) is 1. The third kappa shape index (κ3) is 4.23. The molecule has 0 spiro atoms. The maximum absolute atomic E-state index is 12.7. The van der Waals surface area contributed by atoms with Gasteiger partial charge in [0.15, 0.2) is 0 Å². The van der Waals surface area contributed by atoms with E-state index in [2.05, 4.69) is 15.3 Å². The van der Waals surface area contributed by atoms with Crippen molar-refractivity contribution in [3.8, 4) is 5.88 Å². The zero-order chi connectivity index (χ0) is 18.5. The molecular weight excluding hydrogens is 342 g/mol. The van der Waals surface area contributed by atoms with Crippen LogP contribution in [-0.4, -0.2) is 35.7 Å². The fourth-order valence-corrected chi connectivity index (χ4v) is 3.15. The Balaban J connectivity index is 1.45. The lowest BCUT2D eigenvalue weighted by Crippen LogP contribution is -2.21. The molecule has 6 heteroatoms.